The van der Waals surface area contributed by atoms with Crippen LogP contribution in [0.4, 0.5) is 4.79 Å². The van der Waals surface area contributed by atoms with Crippen LogP contribution < -0.4 is 0 Å². The fourth-order valence-electron chi connectivity index (χ4n) is 2.66. The highest BCUT2D eigenvalue weighted by atomic mass is 16.5. The van der Waals surface area contributed by atoms with E-state index in [1.165, 1.54) is 0 Å². The molecule has 7 nitrogen and oxygen atoms in total. The Labute approximate surface area is 126 Å². The van der Waals surface area contributed by atoms with Gasteiger partial charge in [0.05, 0.1) is 19.1 Å². The van der Waals surface area contributed by atoms with E-state index in [0.29, 0.717) is 26.2 Å². The first-order chi connectivity index (χ1) is 9.85. The maximum absolute atomic E-state index is 12.6. The van der Waals surface area contributed by atoms with Crippen LogP contribution in [0.1, 0.15) is 20.3 Å². The van der Waals surface area contributed by atoms with Gasteiger partial charge in [0.25, 0.3) is 0 Å². The molecule has 2 atom stereocenters. The van der Waals surface area contributed by atoms with Gasteiger partial charge in [-0.3, -0.25) is 4.79 Å². The van der Waals surface area contributed by atoms with Gasteiger partial charge in [-0.15, -0.1) is 0 Å². The number of carboxylic acid groups (broad SMARTS) is 1. The molecule has 0 aromatic rings. The van der Waals surface area contributed by atoms with Crippen molar-refractivity contribution in [3.8, 4) is 0 Å². The number of carbonyl (C=O) groups excluding carboxylic acids is 1. The zero-order chi connectivity index (χ0) is 16.0. The minimum atomic E-state index is -0.900. The summed E-state index contributed by atoms with van der Waals surface area (Å²) in [5.41, 5.74) is 0. The van der Waals surface area contributed by atoms with E-state index >= 15 is 0 Å². The van der Waals surface area contributed by atoms with Crippen molar-refractivity contribution in [2.24, 2.45) is 0 Å². The van der Waals surface area contributed by atoms with Crippen molar-refractivity contribution < 1.29 is 19.4 Å². The summed E-state index contributed by atoms with van der Waals surface area (Å²) in [5, 5.41) is 8.83. The SMILES string of the molecule is CCN(C(=O)N1CCOC(CC(=O)O)C1)C(C)CN(C)C. The molecule has 0 aliphatic carbocycles. The molecule has 0 aromatic heterocycles. The lowest BCUT2D eigenvalue weighted by Crippen LogP contribution is -2.54. The molecule has 1 fully saturated rings. The molecule has 1 rings (SSSR count). The van der Waals surface area contributed by atoms with Crippen LogP contribution in [0.15, 0.2) is 0 Å². The molecule has 0 spiro atoms. The maximum Gasteiger partial charge on any atom is 0.320 e. The fourth-order valence-corrected chi connectivity index (χ4v) is 2.66. The second kappa shape index (κ2) is 8.19. The van der Waals surface area contributed by atoms with Crippen molar-refractivity contribution in [3.63, 3.8) is 0 Å². The molecule has 1 aliphatic rings. The van der Waals surface area contributed by atoms with Crippen LogP contribution in [0.25, 0.3) is 0 Å². The molecule has 2 amide bonds. The second-order valence-corrected chi connectivity index (χ2v) is 5.72. The van der Waals surface area contributed by atoms with E-state index in [2.05, 4.69) is 0 Å². The van der Waals surface area contributed by atoms with E-state index in [9.17, 15) is 9.59 Å². The molecule has 122 valence electrons. The summed E-state index contributed by atoms with van der Waals surface area (Å²) in [4.78, 5) is 29.0. The number of likely N-dealkylation sites (N-methyl/N-ethyl adjacent to an activating group) is 2. The Bertz CT molecular complexity index is 362. The highest BCUT2D eigenvalue weighted by Crippen LogP contribution is 2.13. The predicted octanol–water partition coefficient (Wildman–Crippen LogP) is 0.554. The number of hydrogen-bond donors (Lipinski definition) is 1. The second-order valence-electron chi connectivity index (χ2n) is 5.72. The summed E-state index contributed by atoms with van der Waals surface area (Å²) in [6, 6.07) is 0.0730. The normalized spacial score (nSPS) is 20.4. The molecule has 2 unspecified atom stereocenters. The van der Waals surface area contributed by atoms with E-state index < -0.39 is 12.1 Å². The Kier molecular flexibility index (Phi) is 6.91. The van der Waals surface area contributed by atoms with Crippen LogP contribution in [0.3, 0.4) is 0 Å². The average Bonchev–Trinajstić information content (AvgIpc) is 2.38. The van der Waals surface area contributed by atoms with Gasteiger partial charge in [0, 0.05) is 32.2 Å². The molecular formula is C14H27N3O4. The van der Waals surface area contributed by atoms with Crippen LogP contribution in [0, 0.1) is 0 Å². The number of urea groups is 1. The van der Waals surface area contributed by atoms with E-state index in [4.69, 9.17) is 9.84 Å². The van der Waals surface area contributed by atoms with Gasteiger partial charge >= 0.3 is 12.0 Å². The van der Waals surface area contributed by atoms with Crippen molar-refractivity contribution in [1.29, 1.82) is 0 Å². The Hall–Kier alpha value is -1.34. The number of nitrogens with zero attached hydrogens (tertiary/aromatic N) is 3. The lowest BCUT2D eigenvalue weighted by Gasteiger charge is -2.38. The first-order valence-electron chi connectivity index (χ1n) is 7.38. The molecular weight excluding hydrogens is 274 g/mol. The Morgan fingerprint density at radius 1 is 1.43 bits per heavy atom. The van der Waals surface area contributed by atoms with Crippen molar-refractivity contribution >= 4 is 12.0 Å². The van der Waals surface area contributed by atoms with Gasteiger partial charge in [0.1, 0.15) is 0 Å². The molecule has 1 saturated heterocycles. The third-order valence-corrected chi connectivity index (χ3v) is 3.56. The van der Waals surface area contributed by atoms with Crippen molar-refractivity contribution in [2.45, 2.75) is 32.4 Å². The molecule has 0 bridgehead atoms. The molecule has 1 heterocycles. The van der Waals surface area contributed by atoms with E-state index in [1.807, 2.05) is 37.7 Å². The molecule has 21 heavy (non-hydrogen) atoms. The monoisotopic (exact) mass is 301 g/mol. The van der Waals surface area contributed by atoms with Gasteiger partial charge in [0.15, 0.2) is 0 Å². The maximum atomic E-state index is 12.6. The Morgan fingerprint density at radius 2 is 2.10 bits per heavy atom. The first kappa shape index (κ1) is 17.7. The lowest BCUT2D eigenvalue weighted by molar-refractivity contribution is -0.141. The number of morpholine rings is 1. The minimum absolute atomic E-state index is 0.0365. The number of amides is 2. The van der Waals surface area contributed by atoms with Crippen LogP contribution in [0.5, 0.6) is 0 Å². The van der Waals surface area contributed by atoms with Crippen molar-refractivity contribution in [1.82, 2.24) is 14.7 Å². The predicted molar refractivity (Wildman–Crippen MR) is 79.4 cm³/mol. The Morgan fingerprint density at radius 3 is 2.62 bits per heavy atom. The third-order valence-electron chi connectivity index (χ3n) is 3.56. The quantitative estimate of drug-likeness (QED) is 0.776. The van der Waals surface area contributed by atoms with Crippen LogP contribution in [0.2, 0.25) is 0 Å². The summed E-state index contributed by atoms with van der Waals surface area (Å²) in [7, 11) is 3.96. The first-order valence-corrected chi connectivity index (χ1v) is 7.38. The number of aliphatic carboxylic acids is 1. The topological polar surface area (TPSA) is 73.3 Å². The summed E-state index contributed by atoms with van der Waals surface area (Å²) in [5.74, 6) is -0.900. The highest BCUT2D eigenvalue weighted by Gasteiger charge is 2.30. The smallest absolute Gasteiger partial charge is 0.320 e. The molecule has 0 aromatic carbocycles. The van der Waals surface area contributed by atoms with Gasteiger partial charge < -0.3 is 24.5 Å². The zero-order valence-corrected chi connectivity index (χ0v) is 13.4. The number of ether oxygens (including phenoxy) is 1. The largest absolute Gasteiger partial charge is 0.481 e. The van der Waals surface area contributed by atoms with E-state index in [1.54, 1.807) is 4.90 Å². The number of carboxylic acids is 1. The van der Waals surface area contributed by atoms with E-state index in [0.717, 1.165) is 6.54 Å². The van der Waals surface area contributed by atoms with Gasteiger partial charge in [-0.05, 0) is 27.9 Å². The van der Waals surface area contributed by atoms with Crippen molar-refractivity contribution in [3.05, 3.63) is 0 Å². The molecule has 0 saturated carbocycles. The average molecular weight is 301 g/mol. The number of rotatable bonds is 6. The summed E-state index contributed by atoms with van der Waals surface area (Å²) in [6.45, 7) is 6.66. The molecule has 1 aliphatic heterocycles. The molecule has 0 radical (unpaired) electrons. The zero-order valence-electron chi connectivity index (χ0n) is 13.4. The number of hydrogen-bond acceptors (Lipinski definition) is 4. The number of carbonyl (C=O) groups is 2. The van der Waals surface area contributed by atoms with Crippen molar-refractivity contribution in [2.75, 3.05) is 46.9 Å². The molecule has 7 heteroatoms. The van der Waals surface area contributed by atoms with Gasteiger partial charge in [-0.1, -0.05) is 0 Å². The van der Waals surface area contributed by atoms with Crippen LogP contribution in [-0.2, 0) is 9.53 Å². The highest BCUT2D eigenvalue weighted by molar-refractivity contribution is 5.75. The standard InChI is InChI=1S/C14H27N3O4/c1-5-17(11(2)9-15(3)4)14(20)16-6-7-21-12(10-16)8-13(18)19/h11-12H,5-10H2,1-4H3,(H,18,19). The fraction of sp³-hybridized carbons (Fsp3) is 0.857. The summed E-state index contributed by atoms with van der Waals surface area (Å²) < 4.78 is 5.41. The van der Waals surface area contributed by atoms with Gasteiger partial charge in [-0.2, -0.15) is 0 Å². The van der Waals surface area contributed by atoms with Crippen LogP contribution >= 0.6 is 0 Å². The van der Waals surface area contributed by atoms with Gasteiger partial charge in [-0.25, -0.2) is 4.79 Å². The molecule has 1 N–H and O–H groups in total. The summed E-state index contributed by atoms with van der Waals surface area (Å²) in [6.07, 6.45) is -0.480. The van der Waals surface area contributed by atoms with E-state index in [-0.39, 0.29) is 18.5 Å². The van der Waals surface area contributed by atoms with Gasteiger partial charge in [0.2, 0.25) is 0 Å². The lowest BCUT2D eigenvalue weighted by atomic mass is 10.2. The third kappa shape index (κ3) is 5.51. The van der Waals surface area contributed by atoms with Crippen LogP contribution in [-0.4, -0.2) is 90.8 Å². The Balaban J connectivity index is 2.64. The minimum Gasteiger partial charge on any atom is -0.481 e. The summed E-state index contributed by atoms with van der Waals surface area (Å²) >= 11 is 0.